The van der Waals surface area contributed by atoms with Gasteiger partial charge in [0.1, 0.15) is 5.75 Å². The van der Waals surface area contributed by atoms with Crippen LogP contribution >= 0.6 is 0 Å². The third-order valence-corrected chi connectivity index (χ3v) is 2.82. The highest BCUT2D eigenvalue weighted by atomic mass is 16.7. The second-order valence-electron chi connectivity index (χ2n) is 5.11. The van der Waals surface area contributed by atoms with Crippen LogP contribution in [0.25, 0.3) is 0 Å². The topological polar surface area (TPSA) is 72.8 Å². The van der Waals surface area contributed by atoms with Gasteiger partial charge in [-0.05, 0) is 23.0 Å². The number of hydrogen-bond donors (Lipinski definition) is 1. The number of carboxylic acid groups (broad SMARTS) is 1. The Hall–Kier alpha value is -2.04. The predicted octanol–water partition coefficient (Wildman–Crippen LogP) is 3.53. The standard InChI is InChI=1S/C15H20O5/c1-9(2)11-6-5-7-12(10(3)4)14(11)20-15(18)19-8-13(16)17/h5-7,9-10H,8H2,1-4H3,(H,16,17). The van der Waals surface area contributed by atoms with Crippen molar-refractivity contribution in [3.63, 3.8) is 0 Å². The summed E-state index contributed by atoms with van der Waals surface area (Å²) in [6.45, 7) is 7.27. The van der Waals surface area contributed by atoms with Crippen LogP contribution in [-0.4, -0.2) is 23.8 Å². The molecule has 1 N–H and O–H groups in total. The molecule has 0 amide bonds. The number of para-hydroxylation sites is 1. The van der Waals surface area contributed by atoms with Gasteiger partial charge in [0.25, 0.3) is 0 Å². The molecule has 0 aromatic heterocycles. The molecule has 0 heterocycles. The number of carbonyl (C=O) groups excluding carboxylic acids is 1. The van der Waals surface area contributed by atoms with E-state index < -0.39 is 18.7 Å². The number of benzene rings is 1. The van der Waals surface area contributed by atoms with Crippen molar-refractivity contribution in [2.75, 3.05) is 6.61 Å². The molecule has 1 aromatic carbocycles. The van der Waals surface area contributed by atoms with Gasteiger partial charge in [0.05, 0.1) is 0 Å². The Balaban J connectivity index is 3.01. The largest absolute Gasteiger partial charge is 0.514 e. The third-order valence-electron chi connectivity index (χ3n) is 2.82. The minimum absolute atomic E-state index is 0.177. The van der Waals surface area contributed by atoms with Gasteiger partial charge in [0, 0.05) is 0 Å². The molecule has 0 bridgehead atoms. The van der Waals surface area contributed by atoms with Crippen LogP contribution in [0.3, 0.4) is 0 Å². The van der Waals surface area contributed by atoms with E-state index >= 15 is 0 Å². The smallest absolute Gasteiger partial charge is 0.479 e. The van der Waals surface area contributed by atoms with E-state index in [0.29, 0.717) is 5.75 Å². The average Bonchev–Trinajstić information content (AvgIpc) is 2.36. The van der Waals surface area contributed by atoms with Gasteiger partial charge >= 0.3 is 12.1 Å². The van der Waals surface area contributed by atoms with E-state index in [1.807, 2.05) is 45.9 Å². The molecule has 0 saturated carbocycles. The summed E-state index contributed by atoms with van der Waals surface area (Å²) >= 11 is 0. The summed E-state index contributed by atoms with van der Waals surface area (Å²) in [6.07, 6.45) is -0.998. The van der Waals surface area contributed by atoms with Gasteiger partial charge in [0.2, 0.25) is 0 Å². The molecule has 0 spiro atoms. The molecule has 1 aromatic rings. The van der Waals surface area contributed by atoms with Gasteiger partial charge in [-0.3, -0.25) is 0 Å². The van der Waals surface area contributed by atoms with Crippen LogP contribution < -0.4 is 4.74 Å². The summed E-state index contributed by atoms with van der Waals surface area (Å²) in [5.41, 5.74) is 1.78. The number of rotatable bonds is 5. The Morgan fingerprint density at radius 1 is 1.10 bits per heavy atom. The van der Waals surface area contributed by atoms with Crippen molar-refractivity contribution in [3.05, 3.63) is 29.3 Å². The average molecular weight is 280 g/mol. The monoisotopic (exact) mass is 280 g/mol. The lowest BCUT2D eigenvalue weighted by atomic mass is 9.94. The van der Waals surface area contributed by atoms with Crippen molar-refractivity contribution in [2.45, 2.75) is 39.5 Å². The number of hydrogen-bond acceptors (Lipinski definition) is 4. The SMILES string of the molecule is CC(C)c1cccc(C(C)C)c1OC(=O)OCC(=O)O. The molecule has 0 aliphatic rings. The molecule has 0 aliphatic heterocycles. The summed E-state index contributed by atoms with van der Waals surface area (Å²) in [4.78, 5) is 21.9. The van der Waals surface area contributed by atoms with E-state index in [1.165, 1.54) is 0 Å². The van der Waals surface area contributed by atoms with E-state index in [4.69, 9.17) is 9.84 Å². The maximum absolute atomic E-state index is 11.6. The van der Waals surface area contributed by atoms with E-state index in [0.717, 1.165) is 11.1 Å². The zero-order chi connectivity index (χ0) is 15.3. The first kappa shape index (κ1) is 16.0. The Bertz CT molecular complexity index is 465. The molecule has 0 unspecified atom stereocenters. The Kier molecular flexibility index (Phi) is 5.55. The first-order valence-electron chi connectivity index (χ1n) is 6.52. The van der Waals surface area contributed by atoms with Gasteiger partial charge in [-0.2, -0.15) is 0 Å². The summed E-state index contributed by atoms with van der Waals surface area (Å²) < 4.78 is 9.74. The fourth-order valence-electron chi connectivity index (χ4n) is 1.83. The van der Waals surface area contributed by atoms with E-state index in [1.54, 1.807) is 0 Å². The van der Waals surface area contributed by atoms with Crippen molar-refractivity contribution < 1.29 is 24.2 Å². The van der Waals surface area contributed by atoms with Crippen molar-refractivity contribution in [1.82, 2.24) is 0 Å². The van der Waals surface area contributed by atoms with Crippen LogP contribution in [0, 0.1) is 0 Å². The van der Waals surface area contributed by atoms with Crippen LogP contribution in [0.15, 0.2) is 18.2 Å². The maximum atomic E-state index is 11.6. The molecule has 0 fully saturated rings. The van der Waals surface area contributed by atoms with E-state index in [2.05, 4.69) is 4.74 Å². The second-order valence-corrected chi connectivity index (χ2v) is 5.11. The van der Waals surface area contributed by atoms with Crippen molar-refractivity contribution in [1.29, 1.82) is 0 Å². The second kappa shape index (κ2) is 6.93. The van der Waals surface area contributed by atoms with Crippen LogP contribution in [-0.2, 0) is 9.53 Å². The molecule has 0 saturated heterocycles. The van der Waals surface area contributed by atoms with Gasteiger partial charge in [-0.15, -0.1) is 0 Å². The minimum atomic E-state index is -1.22. The van der Waals surface area contributed by atoms with Crippen molar-refractivity contribution in [3.8, 4) is 5.75 Å². The highest BCUT2D eigenvalue weighted by molar-refractivity contribution is 5.73. The van der Waals surface area contributed by atoms with Crippen molar-refractivity contribution in [2.24, 2.45) is 0 Å². The van der Waals surface area contributed by atoms with Gasteiger partial charge < -0.3 is 14.6 Å². The van der Waals surface area contributed by atoms with Crippen molar-refractivity contribution >= 4 is 12.1 Å². The maximum Gasteiger partial charge on any atom is 0.514 e. The first-order valence-corrected chi connectivity index (χ1v) is 6.52. The lowest BCUT2D eigenvalue weighted by Gasteiger charge is -2.18. The molecule has 0 atom stereocenters. The molecule has 5 heteroatoms. The fourth-order valence-corrected chi connectivity index (χ4v) is 1.83. The Morgan fingerprint density at radius 3 is 2.00 bits per heavy atom. The fraction of sp³-hybridized carbons (Fsp3) is 0.467. The molecule has 0 aliphatic carbocycles. The summed E-state index contributed by atoms with van der Waals surface area (Å²) in [7, 11) is 0. The predicted molar refractivity (Wildman–Crippen MR) is 74.2 cm³/mol. The number of ether oxygens (including phenoxy) is 2. The Labute approximate surface area is 118 Å². The normalized spacial score (nSPS) is 10.7. The molecule has 0 radical (unpaired) electrons. The molecule has 5 nitrogen and oxygen atoms in total. The lowest BCUT2D eigenvalue weighted by molar-refractivity contribution is -0.140. The number of aliphatic carboxylic acids is 1. The first-order chi connectivity index (χ1) is 9.32. The minimum Gasteiger partial charge on any atom is -0.479 e. The molecule has 110 valence electrons. The molecular formula is C15H20O5. The van der Waals surface area contributed by atoms with Gasteiger partial charge in [-0.1, -0.05) is 45.9 Å². The highest BCUT2D eigenvalue weighted by Gasteiger charge is 2.19. The summed E-state index contributed by atoms with van der Waals surface area (Å²) in [5, 5.41) is 8.48. The number of carboxylic acids is 1. The van der Waals surface area contributed by atoms with Crippen LogP contribution in [0.1, 0.15) is 50.7 Å². The quantitative estimate of drug-likeness (QED) is 0.659. The number of carbonyl (C=O) groups is 2. The zero-order valence-corrected chi connectivity index (χ0v) is 12.2. The van der Waals surface area contributed by atoms with Gasteiger partial charge in [-0.25, -0.2) is 9.59 Å². The van der Waals surface area contributed by atoms with E-state index in [-0.39, 0.29) is 11.8 Å². The van der Waals surface area contributed by atoms with E-state index in [9.17, 15) is 9.59 Å². The molecule has 1 rings (SSSR count). The van der Waals surface area contributed by atoms with Gasteiger partial charge in [0.15, 0.2) is 6.61 Å². The van der Waals surface area contributed by atoms with Crippen LogP contribution in [0.5, 0.6) is 5.75 Å². The molecular weight excluding hydrogens is 260 g/mol. The summed E-state index contributed by atoms with van der Waals surface area (Å²) in [6, 6.07) is 5.69. The third kappa shape index (κ3) is 4.26. The lowest BCUT2D eigenvalue weighted by Crippen LogP contribution is -2.18. The highest BCUT2D eigenvalue weighted by Crippen LogP contribution is 2.34. The Morgan fingerprint density at radius 2 is 1.60 bits per heavy atom. The molecule has 20 heavy (non-hydrogen) atoms. The van der Waals surface area contributed by atoms with Crippen LogP contribution in [0.4, 0.5) is 4.79 Å². The summed E-state index contributed by atoms with van der Waals surface area (Å²) in [5.74, 6) is -0.400. The van der Waals surface area contributed by atoms with Crippen LogP contribution in [0.2, 0.25) is 0 Å². The zero-order valence-electron chi connectivity index (χ0n) is 12.2.